The summed E-state index contributed by atoms with van der Waals surface area (Å²) in [5.74, 6) is -0.444. The summed E-state index contributed by atoms with van der Waals surface area (Å²) in [4.78, 5) is 19.1. The third-order valence-electron chi connectivity index (χ3n) is 2.09. The van der Waals surface area contributed by atoms with Crippen LogP contribution in [0, 0.1) is 0 Å². The Morgan fingerprint density at radius 2 is 2.38 bits per heavy atom. The molecule has 0 radical (unpaired) electrons. The Hall–Kier alpha value is -1.14. The fraction of sp³-hybridized carbons (Fsp3) is 0.500. The second-order valence-corrected chi connectivity index (χ2v) is 4.50. The van der Waals surface area contributed by atoms with Crippen LogP contribution in [0.5, 0.6) is 0 Å². The SMILES string of the molecule is CCNC(C)(CSc1cnccn1)C(=O)O. The number of hydrogen-bond donors (Lipinski definition) is 2. The molecule has 0 amide bonds. The number of aliphatic carboxylic acids is 1. The van der Waals surface area contributed by atoms with Gasteiger partial charge in [-0.1, -0.05) is 6.92 Å². The molecular weight excluding hydrogens is 226 g/mol. The second kappa shape index (κ2) is 5.81. The molecule has 0 fully saturated rings. The number of carbonyl (C=O) groups is 1. The van der Waals surface area contributed by atoms with E-state index in [1.807, 2.05) is 6.92 Å². The molecule has 1 heterocycles. The van der Waals surface area contributed by atoms with E-state index in [4.69, 9.17) is 5.11 Å². The number of rotatable bonds is 6. The summed E-state index contributed by atoms with van der Waals surface area (Å²) in [6, 6.07) is 0. The van der Waals surface area contributed by atoms with Crippen LogP contribution >= 0.6 is 11.8 Å². The van der Waals surface area contributed by atoms with Crippen LogP contribution < -0.4 is 5.32 Å². The Balaban J connectivity index is 2.60. The molecule has 0 saturated heterocycles. The van der Waals surface area contributed by atoms with Gasteiger partial charge in [-0.3, -0.25) is 9.78 Å². The molecule has 1 aromatic rings. The maximum atomic E-state index is 11.1. The van der Waals surface area contributed by atoms with E-state index in [2.05, 4.69) is 15.3 Å². The van der Waals surface area contributed by atoms with Gasteiger partial charge in [-0.05, 0) is 13.5 Å². The first kappa shape index (κ1) is 12.9. The van der Waals surface area contributed by atoms with Gasteiger partial charge in [0.15, 0.2) is 0 Å². The fourth-order valence-corrected chi connectivity index (χ4v) is 2.09. The molecule has 2 N–H and O–H groups in total. The fourth-order valence-electron chi connectivity index (χ4n) is 1.16. The first-order chi connectivity index (χ1) is 7.58. The van der Waals surface area contributed by atoms with Crippen molar-refractivity contribution in [1.29, 1.82) is 0 Å². The van der Waals surface area contributed by atoms with Crippen LogP contribution in [0.1, 0.15) is 13.8 Å². The highest BCUT2D eigenvalue weighted by Gasteiger charge is 2.32. The van der Waals surface area contributed by atoms with Crippen molar-refractivity contribution in [1.82, 2.24) is 15.3 Å². The molecule has 88 valence electrons. The van der Waals surface area contributed by atoms with Crippen LogP contribution in [0.15, 0.2) is 23.6 Å². The number of aromatic nitrogens is 2. The summed E-state index contributed by atoms with van der Waals surface area (Å²) in [6.07, 6.45) is 4.80. The second-order valence-electron chi connectivity index (χ2n) is 3.50. The van der Waals surface area contributed by atoms with E-state index in [0.717, 1.165) is 5.03 Å². The smallest absolute Gasteiger partial charge is 0.324 e. The molecular formula is C10H15N3O2S. The van der Waals surface area contributed by atoms with Crippen LogP contribution in [0.4, 0.5) is 0 Å². The van der Waals surface area contributed by atoms with Crippen molar-refractivity contribution < 1.29 is 9.90 Å². The molecule has 5 nitrogen and oxygen atoms in total. The molecule has 0 aliphatic heterocycles. The number of carboxylic acid groups (broad SMARTS) is 1. The first-order valence-electron chi connectivity index (χ1n) is 4.95. The summed E-state index contributed by atoms with van der Waals surface area (Å²) < 4.78 is 0. The number of nitrogens with one attached hydrogen (secondary N) is 1. The summed E-state index contributed by atoms with van der Waals surface area (Å²) in [5.41, 5.74) is -0.934. The van der Waals surface area contributed by atoms with E-state index in [1.165, 1.54) is 11.8 Å². The van der Waals surface area contributed by atoms with Gasteiger partial charge in [-0.15, -0.1) is 11.8 Å². The lowest BCUT2D eigenvalue weighted by Gasteiger charge is -2.24. The van der Waals surface area contributed by atoms with Crippen molar-refractivity contribution in [3.05, 3.63) is 18.6 Å². The standard InChI is InChI=1S/C10H15N3O2S/c1-3-13-10(2,9(14)15)7-16-8-6-11-4-5-12-8/h4-6,13H,3,7H2,1-2H3,(H,14,15). The quantitative estimate of drug-likeness (QED) is 0.724. The topological polar surface area (TPSA) is 75.1 Å². The summed E-state index contributed by atoms with van der Waals surface area (Å²) in [7, 11) is 0. The third kappa shape index (κ3) is 3.46. The first-order valence-corrected chi connectivity index (χ1v) is 5.94. The van der Waals surface area contributed by atoms with Crippen molar-refractivity contribution in [2.45, 2.75) is 24.4 Å². The molecule has 1 aromatic heterocycles. The normalized spacial score (nSPS) is 14.4. The predicted molar refractivity (Wildman–Crippen MR) is 62.5 cm³/mol. The number of carboxylic acids is 1. The Labute approximate surface area is 98.7 Å². The lowest BCUT2D eigenvalue weighted by atomic mass is 10.1. The Bertz CT molecular complexity index is 347. The van der Waals surface area contributed by atoms with Crippen LogP contribution in [0.25, 0.3) is 0 Å². The average molecular weight is 241 g/mol. The highest BCUT2D eigenvalue weighted by molar-refractivity contribution is 7.99. The van der Waals surface area contributed by atoms with E-state index >= 15 is 0 Å². The zero-order chi connectivity index (χ0) is 12.0. The van der Waals surface area contributed by atoms with Gasteiger partial charge in [-0.2, -0.15) is 0 Å². The van der Waals surface area contributed by atoms with Crippen molar-refractivity contribution in [3.8, 4) is 0 Å². The van der Waals surface area contributed by atoms with E-state index in [0.29, 0.717) is 12.3 Å². The van der Waals surface area contributed by atoms with Gasteiger partial charge >= 0.3 is 5.97 Å². The van der Waals surface area contributed by atoms with Crippen LogP contribution in [0.3, 0.4) is 0 Å². The molecule has 6 heteroatoms. The van der Waals surface area contributed by atoms with Crippen molar-refractivity contribution in [2.24, 2.45) is 0 Å². The zero-order valence-electron chi connectivity index (χ0n) is 9.30. The van der Waals surface area contributed by atoms with Gasteiger partial charge in [0.25, 0.3) is 0 Å². The van der Waals surface area contributed by atoms with Crippen LogP contribution in [-0.2, 0) is 4.79 Å². The van der Waals surface area contributed by atoms with Crippen LogP contribution in [0.2, 0.25) is 0 Å². The van der Waals surface area contributed by atoms with Gasteiger partial charge in [0.2, 0.25) is 0 Å². The Morgan fingerprint density at radius 1 is 1.62 bits per heavy atom. The molecule has 16 heavy (non-hydrogen) atoms. The van der Waals surface area contributed by atoms with Gasteiger partial charge < -0.3 is 10.4 Å². The maximum absolute atomic E-state index is 11.1. The molecule has 1 atom stereocenters. The molecule has 1 unspecified atom stereocenters. The van der Waals surface area contributed by atoms with E-state index < -0.39 is 11.5 Å². The van der Waals surface area contributed by atoms with Crippen LogP contribution in [-0.4, -0.2) is 38.9 Å². The van der Waals surface area contributed by atoms with Gasteiger partial charge in [0, 0.05) is 18.1 Å². The summed E-state index contributed by atoms with van der Waals surface area (Å²) in [5, 5.41) is 12.8. The molecule has 0 aromatic carbocycles. The summed E-state index contributed by atoms with van der Waals surface area (Å²) >= 11 is 1.38. The highest BCUT2D eigenvalue weighted by atomic mass is 32.2. The number of thioether (sulfide) groups is 1. The van der Waals surface area contributed by atoms with Crippen molar-refractivity contribution in [3.63, 3.8) is 0 Å². The van der Waals surface area contributed by atoms with E-state index in [-0.39, 0.29) is 0 Å². The van der Waals surface area contributed by atoms with Crippen molar-refractivity contribution in [2.75, 3.05) is 12.3 Å². The number of nitrogens with zero attached hydrogens (tertiary/aromatic N) is 2. The van der Waals surface area contributed by atoms with Crippen molar-refractivity contribution >= 4 is 17.7 Å². The molecule has 0 aliphatic rings. The summed E-state index contributed by atoms with van der Waals surface area (Å²) in [6.45, 7) is 4.17. The number of likely N-dealkylation sites (N-methyl/N-ethyl adjacent to an activating group) is 1. The zero-order valence-corrected chi connectivity index (χ0v) is 10.1. The Kier molecular flexibility index (Phi) is 4.70. The molecule has 1 rings (SSSR count). The maximum Gasteiger partial charge on any atom is 0.324 e. The minimum atomic E-state index is -0.934. The largest absolute Gasteiger partial charge is 0.480 e. The lowest BCUT2D eigenvalue weighted by Crippen LogP contribution is -2.51. The Morgan fingerprint density at radius 3 is 2.88 bits per heavy atom. The molecule has 0 aliphatic carbocycles. The highest BCUT2D eigenvalue weighted by Crippen LogP contribution is 2.20. The average Bonchev–Trinajstić information content (AvgIpc) is 2.28. The molecule has 0 bridgehead atoms. The monoisotopic (exact) mass is 241 g/mol. The van der Waals surface area contributed by atoms with Gasteiger partial charge in [-0.25, -0.2) is 4.98 Å². The third-order valence-corrected chi connectivity index (χ3v) is 3.32. The van der Waals surface area contributed by atoms with E-state index in [9.17, 15) is 4.79 Å². The molecule has 0 spiro atoms. The minimum Gasteiger partial charge on any atom is -0.480 e. The van der Waals surface area contributed by atoms with Gasteiger partial charge in [0.05, 0.1) is 6.20 Å². The predicted octanol–water partition coefficient (Wildman–Crippen LogP) is 1.02. The van der Waals surface area contributed by atoms with Gasteiger partial charge in [0.1, 0.15) is 10.6 Å². The van der Waals surface area contributed by atoms with E-state index in [1.54, 1.807) is 25.5 Å². The molecule has 0 saturated carbocycles. The minimum absolute atomic E-state index is 0.412. The lowest BCUT2D eigenvalue weighted by molar-refractivity contribution is -0.143. The number of hydrogen-bond acceptors (Lipinski definition) is 5.